The van der Waals surface area contributed by atoms with Crippen molar-refractivity contribution in [2.45, 2.75) is 32.6 Å². The summed E-state index contributed by atoms with van der Waals surface area (Å²) in [5, 5.41) is 1.22. The van der Waals surface area contributed by atoms with Crippen molar-refractivity contribution in [3.63, 3.8) is 0 Å². The van der Waals surface area contributed by atoms with Crippen molar-refractivity contribution in [1.29, 1.82) is 0 Å². The highest BCUT2D eigenvalue weighted by Crippen LogP contribution is 2.33. The minimum atomic E-state index is -0.254. The van der Waals surface area contributed by atoms with Crippen LogP contribution in [0.5, 0.6) is 5.75 Å². The Labute approximate surface area is 205 Å². The summed E-state index contributed by atoms with van der Waals surface area (Å²) in [5.74, 6) is 0.294. The van der Waals surface area contributed by atoms with Crippen molar-refractivity contribution in [3.05, 3.63) is 52.0 Å². The molecule has 0 saturated carbocycles. The SMILES string of the molecule is CC(=O)N1C(=O)CCc2ccc(OCCCCN3CCN(c4cccc(Cl)c4Cl)CC3)cc21. The Morgan fingerprint density at radius 3 is 2.55 bits per heavy atom. The highest BCUT2D eigenvalue weighted by molar-refractivity contribution is 6.43. The summed E-state index contributed by atoms with van der Waals surface area (Å²) < 4.78 is 5.92. The summed E-state index contributed by atoms with van der Waals surface area (Å²) in [6, 6.07) is 11.5. The molecule has 0 aliphatic carbocycles. The first-order chi connectivity index (χ1) is 15.9. The van der Waals surface area contributed by atoms with Crippen LogP contribution in [0.2, 0.25) is 10.0 Å². The molecule has 0 N–H and O–H groups in total. The number of unbranched alkanes of at least 4 members (excludes halogenated alkanes) is 1. The number of piperazine rings is 1. The van der Waals surface area contributed by atoms with Crippen molar-refractivity contribution < 1.29 is 14.3 Å². The van der Waals surface area contributed by atoms with Crippen molar-refractivity contribution in [3.8, 4) is 5.75 Å². The van der Waals surface area contributed by atoms with Crippen LogP contribution in [-0.4, -0.2) is 56.0 Å². The van der Waals surface area contributed by atoms with Crippen molar-refractivity contribution in [2.75, 3.05) is 49.1 Å². The average molecular weight is 490 g/mol. The van der Waals surface area contributed by atoms with Crippen LogP contribution in [-0.2, 0) is 16.0 Å². The lowest BCUT2D eigenvalue weighted by atomic mass is 10.0. The summed E-state index contributed by atoms with van der Waals surface area (Å²) in [4.78, 5) is 30.1. The molecule has 0 radical (unpaired) electrons. The molecule has 33 heavy (non-hydrogen) atoms. The van der Waals surface area contributed by atoms with E-state index in [1.807, 2.05) is 36.4 Å². The molecule has 6 nitrogen and oxygen atoms in total. The van der Waals surface area contributed by atoms with Crippen LogP contribution < -0.4 is 14.5 Å². The summed E-state index contributed by atoms with van der Waals surface area (Å²) in [5.41, 5.74) is 2.68. The van der Waals surface area contributed by atoms with E-state index in [0.717, 1.165) is 56.8 Å². The molecule has 1 saturated heterocycles. The number of ether oxygens (including phenoxy) is 1. The van der Waals surface area contributed by atoms with Gasteiger partial charge >= 0.3 is 0 Å². The molecule has 0 atom stereocenters. The molecule has 0 bridgehead atoms. The van der Waals surface area contributed by atoms with Crippen LogP contribution in [0.25, 0.3) is 0 Å². The standard InChI is InChI=1S/C25H29Cl2N3O3/c1-18(31)30-23-17-20(9-7-19(23)8-10-24(30)32)33-16-3-2-11-28-12-14-29(15-13-28)22-6-4-5-21(26)25(22)27/h4-7,9,17H,2-3,8,10-16H2,1H3. The zero-order valence-electron chi connectivity index (χ0n) is 18.9. The van der Waals surface area contributed by atoms with Gasteiger partial charge in [0.2, 0.25) is 11.8 Å². The molecule has 0 spiro atoms. The highest BCUT2D eigenvalue weighted by atomic mass is 35.5. The number of hydrogen-bond donors (Lipinski definition) is 0. The van der Waals surface area contributed by atoms with E-state index in [0.29, 0.717) is 40.9 Å². The van der Waals surface area contributed by atoms with E-state index in [2.05, 4.69) is 9.80 Å². The number of anilines is 2. The maximum Gasteiger partial charge on any atom is 0.234 e. The van der Waals surface area contributed by atoms with Crippen LogP contribution in [0.15, 0.2) is 36.4 Å². The maximum absolute atomic E-state index is 12.1. The zero-order valence-corrected chi connectivity index (χ0v) is 20.4. The molecule has 2 aromatic rings. The Morgan fingerprint density at radius 2 is 1.79 bits per heavy atom. The molecule has 8 heteroatoms. The van der Waals surface area contributed by atoms with Gasteiger partial charge in [-0.25, -0.2) is 0 Å². The predicted octanol–water partition coefficient (Wildman–Crippen LogP) is 4.80. The van der Waals surface area contributed by atoms with Gasteiger partial charge in [0, 0.05) is 45.6 Å². The minimum Gasteiger partial charge on any atom is -0.494 e. The third-order valence-corrected chi connectivity index (χ3v) is 7.06. The minimum absolute atomic E-state index is 0.148. The summed E-state index contributed by atoms with van der Waals surface area (Å²) in [6.07, 6.45) is 3.01. The Hall–Kier alpha value is -2.28. The summed E-state index contributed by atoms with van der Waals surface area (Å²) in [6.45, 7) is 6.88. The van der Waals surface area contributed by atoms with Crippen LogP contribution in [0.1, 0.15) is 31.7 Å². The molecule has 176 valence electrons. The molecule has 2 aliphatic heterocycles. The highest BCUT2D eigenvalue weighted by Gasteiger charge is 2.27. The van der Waals surface area contributed by atoms with Gasteiger partial charge in [-0.05, 0) is 49.6 Å². The fourth-order valence-corrected chi connectivity index (χ4v) is 4.88. The smallest absolute Gasteiger partial charge is 0.234 e. The molecule has 2 aromatic carbocycles. The number of rotatable bonds is 7. The zero-order chi connectivity index (χ0) is 23.4. The van der Waals surface area contributed by atoms with E-state index in [1.165, 1.54) is 11.8 Å². The number of hydrogen-bond acceptors (Lipinski definition) is 5. The first-order valence-electron chi connectivity index (χ1n) is 11.4. The van der Waals surface area contributed by atoms with Crippen molar-refractivity contribution >= 4 is 46.4 Å². The Balaban J connectivity index is 1.20. The molecule has 2 amide bonds. The number of carbonyl (C=O) groups is 2. The second kappa shape index (κ2) is 10.8. The molecule has 2 heterocycles. The van der Waals surface area contributed by atoms with Gasteiger partial charge in [0.05, 0.1) is 28.0 Å². The van der Waals surface area contributed by atoms with Crippen LogP contribution in [0.4, 0.5) is 11.4 Å². The molecule has 2 aliphatic rings. The van der Waals surface area contributed by atoms with E-state index in [9.17, 15) is 9.59 Å². The van der Waals surface area contributed by atoms with Gasteiger partial charge < -0.3 is 9.64 Å². The lowest BCUT2D eigenvalue weighted by molar-refractivity contribution is -0.125. The molecule has 0 unspecified atom stereocenters. The quantitative estimate of drug-likeness (QED) is 0.522. The van der Waals surface area contributed by atoms with Crippen molar-refractivity contribution in [1.82, 2.24) is 4.90 Å². The van der Waals surface area contributed by atoms with Crippen molar-refractivity contribution in [2.24, 2.45) is 0 Å². The van der Waals surface area contributed by atoms with Gasteiger partial charge in [0.15, 0.2) is 0 Å². The number of halogens is 2. The summed E-state index contributed by atoms with van der Waals surface area (Å²) in [7, 11) is 0. The predicted molar refractivity (Wildman–Crippen MR) is 133 cm³/mol. The topological polar surface area (TPSA) is 53.1 Å². The lowest BCUT2D eigenvalue weighted by Crippen LogP contribution is -2.46. The third kappa shape index (κ3) is 5.62. The number of fused-ring (bicyclic) bond motifs is 1. The van der Waals surface area contributed by atoms with Crippen LogP contribution >= 0.6 is 23.2 Å². The maximum atomic E-state index is 12.1. The molecular formula is C25H29Cl2N3O3. The first kappa shape index (κ1) is 23.9. The third-order valence-electron chi connectivity index (χ3n) is 6.25. The van der Waals surface area contributed by atoms with Gasteiger partial charge in [-0.15, -0.1) is 0 Å². The first-order valence-corrected chi connectivity index (χ1v) is 12.2. The van der Waals surface area contributed by atoms with E-state index in [4.69, 9.17) is 27.9 Å². The average Bonchev–Trinajstić information content (AvgIpc) is 2.80. The largest absolute Gasteiger partial charge is 0.494 e. The van der Waals surface area contributed by atoms with E-state index in [1.54, 1.807) is 0 Å². The number of imide groups is 1. The number of carbonyl (C=O) groups excluding carboxylic acids is 2. The molecule has 0 aromatic heterocycles. The van der Waals surface area contributed by atoms with Gasteiger partial charge in [0.1, 0.15) is 5.75 Å². The van der Waals surface area contributed by atoms with Gasteiger partial charge in [0.25, 0.3) is 0 Å². The fraction of sp³-hybridized carbons (Fsp3) is 0.440. The van der Waals surface area contributed by atoms with E-state index < -0.39 is 0 Å². The summed E-state index contributed by atoms with van der Waals surface area (Å²) >= 11 is 12.5. The second-order valence-corrected chi connectivity index (χ2v) is 9.28. The Morgan fingerprint density at radius 1 is 1.00 bits per heavy atom. The van der Waals surface area contributed by atoms with Gasteiger partial charge in [-0.3, -0.25) is 19.4 Å². The van der Waals surface area contributed by atoms with Crippen LogP contribution in [0, 0.1) is 0 Å². The number of benzene rings is 2. The van der Waals surface area contributed by atoms with Gasteiger partial charge in [-0.1, -0.05) is 35.3 Å². The Kier molecular flexibility index (Phi) is 7.78. The number of nitrogens with zero attached hydrogens (tertiary/aromatic N) is 3. The Bertz CT molecular complexity index is 1020. The second-order valence-electron chi connectivity index (χ2n) is 8.50. The fourth-order valence-electron chi connectivity index (χ4n) is 4.46. The van der Waals surface area contributed by atoms with Gasteiger partial charge in [-0.2, -0.15) is 0 Å². The van der Waals surface area contributed by atoms with Crippen LogP contribution in [0.3, 0.4) is 0 Å². The number of aryl methyl sites for hydroxylation is 1. The lowest BCUT2D eigenvalue weighted by Gasteiger charge is -2.36. The molecule has 1 fully saturated rings. The normalized spacial score (nSPS) is 16.6. The molecular weight excluding hydrogens is 461 g/mol. The van der Waals surface area contributed by atoms with E-state index in [-0.39, 0.29) is 11.8 Å². The number of amides is 2. The molecule has 4 rings (SSSR count). The van der Waals surface area contributed by atoms with E-state index >= 15 is 0 Å². The monoisotopic (exact) mass is 489 g/mol.